The lowest BCUT2D eigenvalue weighted by Crippen LogP contribution is -2.37. The van der Waals surface area contributed by atoms with Crippen molar-refractivity contribution in [3.63, 3.8) is 0 Å². The highest BCUT2D eigenvalue weighted by molar-refractivity contribution is 6.32. The highest BCUT2D eigenvalue weighted by Crippen LogP contribution is 2.32. The molecule has 21 heavy (non-hydrogen) atoms. The highest BCUT2D eigenvalue weighted by atomic mass is 35.5. The summed E-state index contributed by atoms with van der Waals surface area (Å²) < 4.78 is 0. The fourth-order valence-corrected chi connectivity index (χ4v) is 2.60. The monoisotopic (exact) mass is 311 g/mol. The van der Waals surface area contributed by atoms with Crippen LogP contribution in [0.5, 0.6) is 0 Å². The van der Waals surface area contributed by atoms with Gasteiger partial charge in [0, 0.05) is 18.3 Å². The van der Waals surface area contributed by atoms with Crippen LogP contribution in [0.3, 0.4) is 0 Å². The highest BCUT2D eigenvalue weighted by Gasteiger charge is 2.31. The summed E-state index contributed by atoms with van der Waals surface area (Å²) in [4.78, 5) is 27.5. The maximum atomic E-state index is 12.0. The minimum Gasteiger partial charge on any atom is -0.370 e. The minimum atomic E-state index is -0.557. The van der Waals surface area contributed by atoms with E-state index in [0.29, 0.717) is 18.7 Å². The molecule has 0 bridgehead atoms. The largest absolute Gasteiger partial charge is 0.370 e. The number of anilines is 1. The van der Waals surface area contributed by atoms with Gasteiger partial charge in [0.1, 0.15) is 11.1 Å². The molecule has 1 aliphatic heterocycles. The molecule has 9 heteroatoms. The Balaban J connectivity index is 2.28. The Labute approximate surface area is 125 Å². The van der Waals surface area contributed by atoms with E-state index in [2.05, 4.69) is 4.99 Å². The van der Waals surface area contributed by atoms with Gasteiger partial charge in [0.15, 0.2) is 5.96 Å². The number of guanidine groups is 1. The molecule has 0 aliphatic carbocycles. The lowest BCUT2D eigenvalue weighted by Gasteiger charge is -2.24. The van der Waals surface area contributed by atoms with Gasteiger partial charge in [-0.2, -0.15) is 4.99 Å². The van der Waals surface area contributed by atoms with Crippen LogP contribution in [0.2, 0.25) is 5.02 Å². The Morgan fingerprint density at radius 1 is 1.48 bits per heavy atom. The average Bonchev–Trinajstić information content (AvgIpc) is 2.86. The number of hydrogen-bond acceptors (Lipinski definition) is 4. The van der Waals surface area contributed by atoms with E-state index < -0.39 is 16.9 Å². The van der Waals surface area contributed by atoms with Gasteiger partial charge in [-0.3, -0.25) is 14.9 Å². The molecule has 1 aromatic carbocycles. The number of benzene rings is 1. The van der Waals surface area contributed by atoms with E-state index in [0.717, 1.165) is 6.42 Å². The van der Waals surface area contributed by atoms with Gasteiger partial charge in [-0.1, -0.05) is 11.6 Å². The second-order valence-electron chi connectivity index (χ2n) is 4.62. The first-order valence-electron chi connectivity index (χ1n) is 6.24. The molecule has 1 atom stereocenters. The normalized spacial score (nSPS) is 17.6. The summed E-state index contributed by atoms with van der Waals surface area (Å²) in [6.07, 6.45) is 1.41. The maximum Gasteiger partial charge on any atom is 0.288 e. The van der Waals surface area contributed by atoms with Crippen molar-refractivity contribution in [3.05, 3.63) is 33.3 Å². The van der Waals surface area contributed by atoms with Gasteiger partial charge in [0.2, 0.25) is 0 Å². The lowest BCUT2D eigenvalue weighted by molar-refractivity contribution is -0.384. The van der Waals surface area contributed by atoms with Crippen LogP contribution in [0.4, 0.5) is 11.4 Å². The molecule has 1 heterocycles. The number of carbonyl (C=O) groups excluding carboxylic acids is 1. The number of nitro benzene ring substituents is 1. The Morgan fingerprint density at radius 2 is 2.19 bits per heavy atom. The molecule has 4 N–H and O–H groups in total. The summed E-state index contributed by atoms with van der Waals surface area (Å²) in [5.41, 5.74) is 10.9. The van der Waals surface area contributed by atoms with Crippen molar-refractivity contribution < 1.29 is 9.72 Å². The topological polar surface area (TPSA) is 128 Å². The molecule has 1 fully saturated rings. The summed E-state index contributed by atoms with van der Waals surface area (Å²) in [5.74, 6) is -0.712. The van der Waals surface area contributed by atoms with Gasteiger partial charge in [0.05, 0.1) is 4.92 Å². The second kappa shape index (κ2) is 5.96. The molecule has 0 unspecified atom stereocenters. The number of nitro groups is 1. The van der Waals surface area contributed by atoms with Gasteiger partial charge < -0.3 is 16.4 Å². The van der Waals surface area contributed by atoms with Crippen LogP contribution in [0.1, 0.15) is 12.8 Å². The number of aliphatic imine (C=N–C) groups is 1. The van der Waals surface area contributed by atoms with E-state index in [-0.39, 0.29) is 16.7 Å². The summed E-state index contributed by atoms with van der Waals surface area (Å²) in [6, 6.07) is 3.87. The van der Waals surface area contributed by atoms with Gasteiger partial charge >= 0.3 is 0 Å². The first kappa shape index (κ1) is 15.0. The first-order valence-corrected chi connectivity index (χ1v) is 6.62. The summed E-state index contributed by atoms with van der Waals surface area (Å²) >= 11 is 5.89. The predicted octanol–water partition coefficient (Wildman–Crippen LogP) is 1.02. The van der Waals surface area contributed by atoms with Gasteiger partial charge in [-0.25, -0.2) is 0 Å². The maximum absolute atomic E-state index is 12.0. The zero-order chi connectivity index (χ0) is 15.6. The number of halogens is 1. The smallest absolute Gasteiger partial charge is 0.288 e. The number of carbonyl (C=O) groups is 1. The molecule has 1 amide bonds. The number of amides is 1. The Bertz CT molecular complexity index is 615. The number of nitrogens with zero attached hydrogens (tertiary/aromatic N) is 3. The summed E-state index contributed by atoms with van der Waals surface area (Å²) in [6.45, 7) is 0.630. The molecule has 0 saturated carbocycles. The zero-order valence-corrected chi connectivity index (χ0v) is 11.8. The molecule has 2 rings (SSSR count). The molecule has 1 aromatic rings. The Morgan fingerprint density at radius 3 is 2.76 bits per heavy atom. The standard InChI is InChI=1S/C12H14ClN5O3/c13-8-6-7(3-4-9(8)18(20)21)17-5-1-2-10(17)11(19)16-12(14)15/h3-4,6,10H,1-2,5H2,(H4,14,15,16,19)/t10-/m0/s1. The van der Waals surface area contributed by atoms with Crippen molar-refractivity contribution in [1.82, 2.24) is 0 Å². The SMILES string of the molecule is NC(N)=NC(=O)[C@@H]1CCCN1c1ccc([N+](=O)[O-])c(Cl)c1. The third-order valence-electron chi connectivity index (χ3n) is 3.24. The number of nitrogens with two attached hydrogens (primary N) is 2. The molecule has 1 aliphatic rings. The first-order chi connectivity index (χ1) is 9.90. The van der Waals surface area contributed by atoms with Crippen molar-refractivity contribution in [1.29, 1.82) is 0 Å². The summed E-state index contributed by atoms with van der Waals surface area (Å²) in [5, 5.41) is 10.8. The van der Waals surface area contributed by atoms with Crippen LogP contribution in [0, 0.1) is 10.1 Å². The van der Waals surface area contributed by atoms with E-state index in [1.807, 2.05) is 0 Å². The molecule has 0 radical (unpaired) electrons. The van der Waals surface area contributed by atoms with E-state index in [4.69, 9.17) is 23.1 Å². The zero-order valence-electron chi connectivity index (χ0n) is 11.0. The predicted molar refractivity (Wildman–Crippen MR) is 79.3 cm³/mol. The van der Waals surface area contributed by atoms with Crippen LogP contribution in [0.15, 0.2) is 23.2 Å². The van der Waals surface area contributed by atoms with Gasteiger partial charge in [0.25, 0.3) is 11.6 Å². The van der Waals surface area contributed by atoms with E-state index in [9.17, 15) is 14.9 Å². The van der Waals surface area contributed by atoms with Crippen LogP contribution in [-0.2, 0) is 4.79 Å². The van der Waals surface area contributed by atoms with Crippen molar-refractivity contribution in [2.45, 2.75) is 18.9 Å². The van der Waals surface area contributed by atoms with Crippen LogP contribution in [0.25, 0.3) is 0 Å². The molecule has 112 valence electrons. The summed E-state index contributed by atoms with van der Waals surface area (Å²) in [7, 11) is 0. The molecule has 8 nitrogen and oxygen atoms in total. The Hall–Kier alpha value is -2.35. The van der Waals surface area contributed by atoms with Crippen LogP contribution >= 0.6 is 11.6 Å². The second-order valence-corrected chi connectivity index (χ2v) is 5.03. The molecule has 1 saturated heterocycles. The number of rotatable bonds is 3. The van der Waals surface area contributed by atoms with Gasteiger partial charge in [-0.05, 0) is 25.0 Å². The van der Waals surface area contributed by atoms with Crippen molar-refractivity contribution in [3.8, 4) is 0 Å². The molecular formula is C12H14ClN5O3. The fourth-order valence-electron chi connectivity index (χ4n) is 2.36. The third-order valence-corrected chi connectivity index (χ3v) is 3.54. The Kier molecular flexibility index (Phi) is 4.27. The third kappa shape index (κ3) is 3.22. The quantitative estimate of drug-likeness (QED) is 0.371. The van der Waals surface area contributed by atoms with Crippen LogP contribution in [-0.4, -0.2) is 29.4 Å². The van der Waals surface area contributed by atoms with Crippen molar-refractivity contribution in [2.24, 2.45) is 16.5 Å². The van der Waals surface area contributed by atoms with E-state index in [1.165, 1.54) is 12.1 Å². The molecule has 0 spiro atoms. The lowest BCUT2D eigenvalue weighted by atomic mass is 10.2. The van der Waals surface area contributed by atoms with Crippen molar-refractivity contribution in [2.75, 3.05) is 11.4 Å². The van der Waals surface area contributed by atoms with E-state index >= 15 is 0 Å². The minimum absolute atomic E-state index is 0.0254. The van der Waals surface area contributed by atoms with E-state index in [1.54, 1.807) is 11.0 Å². The number of hydrogen-bond donors (Lipinski definition) is 2. The average molecular weight is 312 g/mol. The molecule has 0 aromatic heterocycles. The van der Waals surface area contributed by atoms with Gasteiger partial charge in [-0.15, -0.1) is 0 Å². The molecular weight excluding hydrogens is 298 g/mol. The fraction of sp³-hybridized carbons (Fsp3) is 0.333. The van der Waals surface area contributed by atoms with Crippen LogP contribution < -0.4 is 16.4 Å². The van der Waals surface area contributed by atoms with Crippen molar-refractivity contribution >= 4 is 34.8 Å².